The lowest BCUT2D eigenvalue weighted by molar-refractivity contribution is 0.0584. The molecule has 2 aliphatic rings. The number of nitrogens with two attached hydrogens (primary N) is 1. The predicted octanol–water partition coefficient (Wildman–Crippen LogP) is -0.278. The van der Waals surface area contributed by atoms with Crippen molar-refractivity contribution in [2.75, 3.05) is 25.7 Å². The molecule has 2 heterocycles. The molecule has 0 saturated heterocycles. The minimum absolute atomic E-state index is 0.0280. The maximum atomic E-state index is 13.6. The first-order valence-corrected chi connectivity index (χ1v) is 11.6. The molecule has 1 unspecified atom stereocenters. The number of nitrogens with one attached hydrogen (secondary N) is 2. The number of hydrogen-bond donors (Lipinski definition) is 3. The summed E-state index contributed by atoms with van der Waals surface area (Å²) in [6.07, 6.45) is 5.20. The minimum Gasteiger partial charge on any atom is -0.464 e. The third kappa shape index (κ3) is 4.59. The molecule has 0 amide bonds. The maximum Gasteiger partial charge on any atom is 0.356 e. The van der Waals surface area contributed by atoms with Crippen molar-refractivity contribution in [1.82, 2.24) is 14.6 Å². The first-order chi connectivity index (χ1) is 16.2. The van der Waals surface area contributed by atoms with Gasteiger partial charge in [0.05, 0.1) is 24.1 Å². The van der Waals surface area contributed by atoms with Crippen LogP contribution >= 0.6 is 0 Å². The molecular formula is C20H25N7O6S. The Kier molecular flexibility index (Phi) is 7.25. The van der Waals surface area contributed by atoms with Crippen LogP contribution in [0, 0.1) is 0 Å². The highest BCUT2D eigenvalue weighted by molar-refractivity contribution is 7.90. The van der Waals surface area contributed by atoms with E-state index >= 15 is 0 Å². The predicted molar refractivity (Wildman–Crippen MR) is 124 cm³/mol. The van der Waals surface area contributed by atoms with Crippen LogP contribution < -0.4 is 20.7 Å². The summed E-state index contributed by atoms with van der Waals surface area (Å²) < 4.78 is 41.4. The normalized spacial score (nSPS) is 18.0. The largest absolute Gasteiger partial charge is 0.464 e. The molecule has 0 aromatic carbocycles. The molecule has 1 aliphatic carbocycles. The molecule has 14 heteroatoms. The molecule has 0 spiro atoms. The van der Waals surface area contributed by atoms with E-state index in [4.69, 9.17) is 15.2 Å². The number of allylic oxidation sites excluding steroid dienone is 4. The summed E-state index contributed by atoms with van der Waals surface area (Å²) in [4.78, 5) is 33.2. The van der Waals surface area contributed by atoms with Gasteiger partial charge in [0.1, 0.15) is 16.5 Å². The average molecular weight is 492 g/mol. The topological polar surface area (TPSA) is 170 Å². The first-order valence-electron chi connectivity index (χ1n) is 10.1. The Morgan fingerprint density at radius 3 is 2.76 bits per heavy atom. The number of aromatic nitrogens is 1. The fourth-order valence-corrected chi connectivity index (χ4v) is 4.89. The molecule has 1 aromatic heterocycles. The highest BCUT2D eigenvalue weighted by Crippen LogP contribution is 2.34. The molecule has 0 bridgehead atoms. The summed E-state index contributed by atoms with van der Waals surface area (Å²) in [7, 11) is -0.276. The lowest BCUT2D eigenvalue weighted by Gasteiger charge is -2.32. The number of sulfonamides is 1. The van der Waals surface area contributed by atoms with Gasteiger partial charge in [-0.15, -0.1) is 0 Å². The van der Waals surface area contributed by atoms with Crippen molar-refractivity contribution in [1.29, 1.82) is 0 Å². The number of ether oxygens (including phenoxy) is 2. The van der Waals surface area contributed by atoms with E-state index in [2.05, 4.69) is 20.0 Å². The van der Waals surface area contributed by atoms with Crippen LogP contribution in [0.25, 0.3) is 0 Å². The zero-order valence-electron chi connectivity index (χ0n) is 19.0. The third-order valence-electron chi connectivity index (χ3n) is 4.90. The number of rotatable bonds is 7. The number of carbonyl (C=O) groups excluding carboxylic acids is 2. The highest BCUT2D eigenvalue weighted by atomic mass is 32.2. The quantitative estimate of drug-likeness (QED) is 0.343. The van der Waals surface area contributed by atoms with Crippen molar-refractivity contribution >= 4 is 39.5 Å². The Balaban J connectivity index is 2.23. The number of hydrogen-bond acceptors (Lipinski definition) is 11. The SMILES string of the molecule is CCOC1N=C(NC)N=C(N)N1c1cn(C)c(C(=O)OC)c1S(=O)(=O)NC1=CC=CCC1=C=O. The van der Waals surface area contributed by atoms with Gasteiger partial charge in [-0.3, -0.25) is 9.62 Å². The number of methoxy groups -OCH3 is 1. The summed E-state index contributed by atoms with van der Waals surface area (Å²) in [5.74, 6) is 0.885. The summed E-state index contributed by atoms with van der Waals surface area (Å²) in [5, 5.41) is 2.76. The van der Waals surface area contributed by atoms with Crippen molar-refractivity contribution in [2.45, 2.75) is 24.6 Å². The highest BCUT2D eigenvalue weighted by Gasteiger charge is 2.38. The van der Waals surface area contributed by atoms with E-state index in [9.17, 15) is 18.0 Å². The van der Waals surface area contributed by atoms with Crippen molar-refractivity contribution in [2.24, 2.45) is 22.8 Å². The molecule has 0 saturated carbocycles. The second-order valence-electron chi connectivity index (χ2n) is 7.02. The van der Waals surface area contributed by atoms with E-state index in [-0.39, 0.29) is 47.6 Å². The summed E-state index contributed by atoms with van der Waals surface area (Å²) in [6.45, 7) is 1.95. The molecule has 1 aliphatic heterocycles. The van der Waals surface area contributed by atoms with Crippen LogP contribution in [0.4, 0.5) is 5.69 Å². The number of carbonyl (C=O) groups is 1. The standard InChI is InChI=1S/C20H25N7O6S/c1-5-33-20-24-19(22-2)23-18(21)27(20)14-10-26(3)15(17(29)32-4)16(14)34(30,31)25-13-9-7-6-8-12(13)11-28/h6-7,9-10,20,25H,5,8H2,1-4H3,(H3,21,22,23,24). The van der Waals surface area contributed by atoms with E-state index in [0.29, 0.717) is 0 Å². The molecule has 1 aromatic rings. The Hall–Kier alpha value is -3.87. The Labute approximate surface area is 196 Å². The van der Waals surface area contributed by atoms with E-state index in [0.717, 1.165) is 7.11 Å². The van der Waals surface area contributed by atoms with Crippen molar-refractivity contribution < 1.29 is 27.5 Å². The molecule has 0 radical (unpaired) electrons. The van der Waals surface area contributed by atoms with Gasteiger partial charge in [-0.1, -0.05) is 12.2 Å². The Bertz CT molecular complexity index is 1270. The lowest BCUT2D eigenvalue weighted by atomic mass is 10.1. The molecule has 0 fully saturated rings. The number of esters is 1. The van der Waals surface area contributed by atoms with Gasteiger partial charge >= 0.3 is 5.97 Å². The fourth-order valence-electron chi connectivity index (χ4n) is 3.40. The van der Waals surface area contributed by atoms with Crippen LogP contribution in [0.3, 0.4) is 0 Å². The van der Waals surface area contributed by atoms with E-state index < -0.39 is 27.2 Å². The molecule has 182 valence electrons. The summed E-state index contributed by atoms with van der Waals surface area (Å²) >= 11 is 0. The van der Waals surface area contributed by atoms with Crippen LogP contribution in [0.5, 0.6) is 0 Å². The molecule has 1 atom stereocenters. The van der Waals surface area contributed by atoms with E-state index in [1.54, 1.807) is 32.1 Å². The van der Waals surface area contributed by atoms with E-state index in [1.807, 2.05) is 0 Å². The zero-order valence-corrected chi connectivity index (χ0v) is 19.8. The lowest BCUT2D eigenvalue weighted by Crippen LogP contribution is -2.50. The van der Waals surface area contributed by atoms with Crippen LogP contribution in [0.1, 0.15) is 23.8 Å². The van der Waals surface area contributed by atoms with Gasteiger partial charge in [0.15, 0.2) is 0 Å². The fraction of sp³-hybridized carbons (Fsp3) is 0.350. The zero-order chi connectivity index (χ0) is 25.0. The van der Waals surface area contributed by atoms with Gasteiger partial charge in [0, 0.05) is 33.3 Å². The van der Waals surface area contributed by atoms with Crippen molar-refractivity contribution in [3.63, 3.8) is 0 Å². The number of anilines is 1. The minimum atomic E-state index is -4.47. The number of aryl methyl sites for hydroxylation is 1. The molecular weight excluding hydrogens is 466 g/mol. The number of guanidine groups is 2. The van der Waals surface area contributed by atoms with Crippen LogP contribution in [-0.2, 0) is 31.3 Å². The molecule has 4 N–H and O–H groups in total. The van der Waals surface area contributed by atoms with Crippen LogP contribution in [0.2, 0.25) is 0 Å². The average Bonchev–Trinajstić information content (AvgIpc) is 3.16. The Morgan fingerprint density at radius 1 is 1.41 bits per heavy atom. The second-order valence-corrected chi connectivity index (χ2v) is 8.64. The number of nitrogens with zero attached hydrogens (tertiary/aromatic N) is 4. The summed E-state index contributed by atoms with van der Waals surface area (Å²) in [5.41, 5.74) is 5.99. The van der Waals surface area contributed by atoms with Gasteiger partial charge in [-0.25, -0.2) is 18.0 Å². The maximum absolute atomic E-state index is 13.6. The number of aliphatic imine (C=N–C) groups is 2. The molecule has 34 heavy (non-hydrogen) atoms. The summed E-state index contributed by atoms with van der Waals surface area (Å²) in [6, 6.07) is 0. The van der Waals surface area contributed by atoms with Crippen LogP contribution in [0.15, 0.2) is 50.6 Å². The third-order valence-corrected chi connectivity index (χ3v) is 6.33. The first kappa shape index (κ1) is 24.8. The molecule has 13 nitrogen and oxygen atoms in total. The van der Waals surface area contributed by atoms with Gasteiger partial charge in [0.25, 0.3) is 10.0 Å². The van der Waals surface area contributed by atoms with Gasteiger partial charge in [-0.2, -0.15) is 9.98 Å². The van der Waals surface area contributed by atoms with Crippen molar-refractivity contribution in [3.05, 3.63) is 41.4 Å². The smallest absolute Gasteiger partial charge is 0.356 e. The van der Waals surface area contributed by atoms with Gasteiger partial charge < -0.3 is 25.1 Å². The van der Waals surface area contributed by atoms with Crippen LogP contribution in [-0.4, -0.2) is 63.9 Å². The van der Waals surface area contributed by atoms with Gasteiger partial charge in [-0.05, 0) is 13.0 Å². The van der Waals surface area contributed by atoms with Gasteiger partial charge in [0.2, 0.25) is 18.3 Å². The Morgan fingerprint density at radius 2 is 2.15 bits per heavy atom. The molecule has 3 rings (SSSR count). The monoisotopic (exact) mass is 491 g/mol. The second kappa shape index (κ2) is 9.95. The van der Waals surface area contributed by atoms with Crippen molar-refractivity contribution in [3.8, 4) is 0 Å². The van der Waals surface area contributed by atoms with E-state index in [1.165, 1.54) is 28.8 Å².